The Balaban J connectivity index is 2.51. The summed E-state index contributed by atoms with van der Waals surface area (Å²) in [5, 5.41) is 0.915. The van der Waals surface area contributed by atoms with Crippen LogP contribution in [-0.4, -0.2) is 23.0 Å². The van der Waals surface area contributed by atoms with Crippen molar-refractivity contribution in [1.29, 1.82) is 0 Å². The van der Waals surface area contributed by atoms with E-state index >= 15 is 0 Å². The zero-order valence-corrected chi connectivity index (χ0v) is 13.3. The molecule has 5 nitrogen and oxygen atoms in total. The average Bonchev–Trinajstić information content (AvgIpc) is 2.54. The minimum absolute atomic E-state index is 0.277. The van der Waals surface area contributed by atoms with Gasteiger partial charge in [0.15, 0.2) is 0 Å². The molecule has 0 radical (unpaired) electrons. The topological polar surface area (TPSA) is 72.0 Å². The van der Waals surface area contributed by atoms with Gasteiger partial charge in [-0.1, -0.05) is 23.7 Å². The van der Waals surface area contributed by atoms with Crippen LogP contribution in [0.15, 0.2) is 41.3 Å². The molecular weight excluding hydrogens is 316 g/mol. The summed E-state index contributed by atoms with van der Waals surface area (Å²) < 4.78 is 4.87. The van der Waals surface area contributed by atoms with Crippen molar-refractivity contribution in [3.05, 3.63) is 63.2 Å². The Labute approximate surface area is 136 Å². The number of carbonyl (C=O) groups is 1. The number of esters is 1. The number of carbonyl (C=O) groups excluding carboxylic acids is 1. The summed E-state index contributed by atoms with van der Waals surface area (Å²) in [6.45, 7) is 1.71. The van der Waals surface area contributed by atoms with E-state index in [-0.39, 0.29) is 11.1 Å². The maximum absolute atomic E-state index is 12.3. The molecule has 0 aliphatic heterocycles. The van der Waals surface area contributed by atoms with Crippen LogP contribution in [0.3, 0.4) is 0 Å². The minimum atomic E-state index is -0.537. The third-order valence-corrected chi connectivity index (χ3v) is 3.86. The molecule has 0 bridgehead atoms. The summed E-state index contributed by atoms with van der Waals surface area (Å²) in [4.78, 5) is 31.6. The van der Waals surface area contributed by atoms with Gasteiger partial charge >= 0.3 is 5.97 Å². The smallest absolute Gasteiger partial charge is 0.340 e. The molecule has 0 unspecified atom stereocenters. The van der Waals surface area contributed by atoms with Crippen LogP contribution in [0.2, 0.25) is 5.02 Å². The van der Waals surface area contributed by atoms with E-state index in [2.05, 4.69) is 9.97 Å². The van der Waals surface area contributed by atoms with E-state index in [9.17, 15) is 9.59 Å². The normalized spacial score (nSPS) is 10.7. The molecule has 2 heterocycles. The number of aryl methyl sites for hydroxylation is 1. The molecule has 0 amide bonds. The van der Waals surface area contributed by atoms with Crippen LogP contribution < -0.4 is 5.56 Å². The molecule has 0 aliphatic carbocycles. The fourth-order valence-corrected chi connectivity index (χ4v) is 2.73. The maximum Gasteiger partial charge on any atom is 0.340 e. The fraction of sp³-hybridized carbons (Fsp3) is 0.118. The molecular formula is C17H13ClN2O3. The molecule has 0 saturated heterocycles. The number of H-pyrrole nitrogens is 1. The van der Waals surface area contributed by atoms with E-state index in [4.69, 9.17) is 16.3 Å². The summed E-state index contributed by atoms with van der Waals surface area (Å²) in [5.74, 6) is -0.537. The monoisotopic (exact) mass is 328 g/mol. The lowest BCUT2D eigenvalue weighted by atomic mass is 9.95. The zero-order chi connectivity index (χ0) is 16.6. The van der Waals surface area contributed by atoms with Crippen LogP contribution >= 0.6 is 11.6 Å². The number of ether oxygens (including phenoxy) is 1. The molecule has 0 aliphatic rings. The Kier molecular flexibility index (Phi) is 3.88. The second-order valence-corrected chi connectivity index (χ2v) is 5.45. The maximum atomic E-state index is 12.3. The van der Waals surface area contributed by atoms with Crippen molar-refractivity contribution in [2.75, 3.05) is 7.11 Å². The first-order valence-corrected chi connectivity index (χ1v) is 7.27. The molecule has 0 spiro atoms. The zero-order valence-electron chi connectivity index (χ0n) is 12.5. The standard InChI is InChI=1S/C17H13ClN2O3/c1-9-13(17(22)23-2)14(10-3-5-11(18)6-4-10)15-12(20-9)7-8-19-16(15)21/h3-8H,1-2H3,(H,19,21). The number of rotatable bonds is 2. The molecule has 2 aromatic heterocycles. The number of aromatic nitrogens is 2. The van der Waals surface area contributed by atoms with Crippen LogP contribution in [0.4, 0.5) is 0 Å². The predicted octanol–water partition coefficient (Wildman–Crippen LogP) is 3.34. The molecule has 6 heteroatoms. The van der Waals surface area contributed by atoms with E-state index < -0.39 is 5.97 Å². The number of benzene rings is 1. The van der Waals surface area contributed by atoms with Gasteiger partial charge in [0.2, 0.25) is 0 Å². The number of methoxy groups -OCH3 is 1. The van der Waals surface area contributed by atoms with Gasteiger partial charge in [-0.05, 0) is 30.7 Å². The minimum Gasteiger partial charge on any atom is -0.465 e. The van der Waals surface area contributed by atoms with E-state index in [1.807, 2.05) is 0 Å². The van der Waals surface area contributed by atoms with Crippen LogP contribution in [-0.2, 0) is 4.74 Å². The lowest BCUT2D eigenvalue weighted by Gasteiger charge is -2.13. The van der Waals surface area contributed by atoms with Gasteiger partial charge in [0.25, 0.3) is 5.56 Å². The highest BCUT2D eigenvalue weighted by atomic mass is 35.5. The van der Waals surface area contributed by atoms with Gasteiger partial charge in [-0.25, -0.2) is 4.79 Å². The van der Waals surface area contributed by atoms with Crippen LogP contribution in [0.5, 0.6) is 0 Å². The molecule has 3 aromatic rings. The third-order valence-electron chi connectivity index (χ3n) is 3.61. The molecule has 1 N–H and O–H groups in total. The quantitative estimate of drug-likeness (QED) is 0.732. The second kappa shape index (κ2) is 5.85. The first-order valence-electron chi connectivity index (χ1n) is 6.89. The number of fused-ring (bicyclic) bond motifs is 1. The largest absolute Gasteiger partial charge is 0.465 e. The van der Waals surface area contributed by atoms with Gasteiger partial charge in [-0.3, -0.25) is 9.78 Å². The number of hydrogen-bond acceptors (Lipinski definition) is 4. The van der Waals surface area contributed by atoms with Crippen molar-refractivity contribution in [2.24, 2.45) is 0 Å². The number of nitrogens with one attached hydrogen (secondary N) is 1. The van der Waals surface area contributed by atoms with Crippen molar-refractivity contribution >= 4 is 28.5 Å². The summed E-state index contributed by atoms with van der Waals surface area (Å²) in [6.07, 6.45) is 1.53. The van der Waals surface area contributed by atoms with Crippen LogP contribution in [0, 0.1) is 6.92 Å². The number of hydrogen-bond donors (Lipinski definition) is 1. The van der Waals surface area contributed by atoms with Crippen molar-refractivity contribution < 1.29 is 9.53 Å². The molecule has 23 heavy (non-hydrogen) atoms. The first kappa shape index (κ1) is 15.2. The van der Waals surface area contributed by atoms with Gasteiger partial charge in [-0.15, -0.1) is 0 Å². The second-order valence-electron chi connectivity index (χ2n) is 5.01. The fourth-order valence-electron chi connectivity index (χ4n) is 2.60. The summed E-state index contributed by atoms with van der Waals surface area (Å²) in [7, 11) is 1.30. The van der Waals surface area contributed by atoms with Crippen molar-refractivity contribution in [3.8, 4) is 11.1 Å². The Bertz CT molecular complexity index is 962. The Morgan fingerprint density at radius 2 is 1.91 bits per heavy atom. The van der Waals surface area contributed by atoms with Gasteiger partial charge in [0.05, 0.1) is 29.3 Å². The van der Waals surface area contributed by atoms with Crippen molar-refractivity contribution in [2.45, 2.75) is 6.92 Å². The van der Waals surface area contributed by atoms with Gasteiger partial charge in [-0.2, -0.15) is 0 Å². The lowest BCUT2D eigenvalue weighted by Crippen LogP contribution is -2.14. The van der Waals surface area contributed by atoms with Gasteiger partial charge in [0, 0.05) is 16.8 Å². The van der Waals surface area contributed by atoms with Crippen molar-refractivity contribution in [3.63, 3.8) is 0 Å². The van der Waals surface area contributed by atoms with E-state index in [1.165, 1.54) is 13.3 Å². The highest BCUT2D eigenvalue weighted by molar-refractivity contribution is 6.30. The molecule has 0 atom stereocenters. The average molecular weight is 329 g/mol. The molecule has 1 aromatic carbocycles. The highest BCUT2D eigenvalue weighted by Crippen LogP contribution is 2.32. The number of aromatic amines is 1. The van der Waals surface area contributed by atoms with E-state index in [1.54, 1.807) is 37.3 Å². The third kappa shape index (κ3) is 2.59. The number of halogens is 1. The van der Waals surface area contributed by atoms with Gasteiger partial charge < -0.3 is 9.72 Å². The Morgan fingerprint density at radius 3 is 2.57 bits per heavy atom. The van der Waals surface area contributed by atoms with Crippen LogP contribution in [0.1, 0.15) is 16.1 Å². The summed E-state index contributed by atoms with van der Waals surface area (Å²) in [6, 6.07) is 8.63. The summed E-state index contributed by atoms with van der Waals surface area (Å²) >= 11 is 5.94. The van der Waals surface area contributed by atoms with Gasteiger partial charge in [0.1, 0.15) is 0 Å². The Hall–Kier alpha value is -2.66. The number of nitrogens with zero attached hydrogens (tertiary/aromatic N) is 1. The molecule has 0 saturated carbocycles. The van der Waals surface area contributed by atoms with Crippen molar-refractivity contribution in [1.82, 2.24) is 9.97 Å². The summed E-state index contributed by atoms with van der Waals surface area (Å²) in [5.41, 5.74) is 2.17. The van der Waals surface area contributed by atoms with E-state index in [0.717, 1.165) is 0 Å². The molecule has 0 fully saturated rings. The highest BCUT2D eigenvalue weighted by Gasteiger charge is 2.22. The molecule has 116 valence electrons. The number of pyridine rings is 2. The van der Waals surface area contributed by atoms with Crippen LogP contribution in [0.25, 0.3) is 22.0 Å². The lowest BCUT2D eigenvalue weighted by molar-refractivity contribution is 0.0600. The molecule has 3 rings (SSSR count). The van der Waals surface area contributed by atoms with E-state index in [0.29, 0.717) is 32.7 Å². The first-order chi connectivity index (χ1) is 11.0. The SMILES string of the molecule is COC(=O)c1c(C)nc2cc[nH]c(=O)c2c1-c1ccc(Cl)cc1. The Morgan fingerprint density at radius 1 is 1.22 bits per heavy atom. The predicted molar refractivity (Wildman–Crippen MR) is 88.9 cm³/mol.